The predicted molar refractivity (Wildman–Crippen MR) is 145 cm³/mol. The third-order valence-electron chi connectivity index (χ3n) is 6.51. The Hall–Kier alpha value is -4.70. The van der Waals surface area contributed by atoms with Gasteiger partial charge in [0, 0.05) is 28.8 Å². The molecule has 0 radical (unpaired) electrons. The fraction of sp³-hybridized carbons (Fsp3) is 0.0625. The van der Waals surface area contributed by atoms with Gasteiger partial charge in [0.15, 0.2) is 10.9 Å². The number of hydrogen-bond donors (Lipinski definition) is 0. The molecule has 36 heavy (non-hydrogen) atoms. The lowest BCUT2D eigenvalue weighted by molar-refractivity contribution is 0.586. The highest BCUT2D eigenvalue weighted by Crippen LogP contribution is 2.34. The van der Waals surface area contributed by atoms with Gasteiger partial charge in [-0.2, -0.15) is 0 Å². The number of hydrogen-bond acceptors (Lipinski definition) is 4. The zero-order valence-electron chi connectivity index (χ0n) is 19.7. The molecule has 0 aliphatic heterocycles. The molecule has 6 rings (SSSR count). The smallest absolute Gasteiger partial charge is 0.193 e. The highest BCUT2D eigenvalue weighted by molar-refractivity contribution is 5.97. The number of rotatable bonds is 3. The second-order valence-corrected chi connectivity index (χ2v) is 8.89. The van der Waals surface area contributed by atoms with Crippen molar-refractivity contribution in [1.29, 1.82) is 0 Å². The first-order valence-corrected chi connectivity index (χ1v) is 11.8. The minimum Gasteiger partial charge on any atom is -0.456 e. The Balaban J connectivity index is 1.56. The average molecular weight is 471 g/mol. The normalized spacial score (nSPS) is 13.8. The van der Waals surface area contributed by atoms with Crippen LogP contribution in [0, 0.1) is 0 Å². The summed E-state index contributed by atoms with van der Waals surface area (Å²) < 4.78 is 12.5. The van der Waals surface area contributed by atoms with Crippen LogP contribution in [0.1, 0.15) is 24.7 Å². The highest BCUT2D eigenvalue weighted by atomic mass is 16.3. The molecule has 2 heterocycles. The summed E-state index contributed by atoms with van der Waals surface area (Å²) in [5, 5.41) is 1.07. The van der Waals surface area contributed by atoms with Crippen molar-refractivity contribution in [1.82, 2.24) is 0 Å². The Kier molecular flexibility index (Phi) is 5.34. The molecule has 174 valence electrons. The van der Waals surface area contributed by atoms with Crippen LogP contribution in [-0.4, -0.2) is 0 Å². The van der Waals surface area contributed by atoms with Crippen LogP contribution < -0.4 is 10.9 Å². The van der Waals surface area contributed by atoms with E-state index in [1.54, 1.807) is 24.3 Å². The van der Waals surface area contributed by atoms with Crippen LogP contribution in [0.4, 0.5) is 0 Å². The van der Waals surface area contributed by atoms with Gasteiger partial charge in [-0.1, -0.05) is 72.3 Å². The summed E-state index contributed by atoms with van der Waals surface area (Å²) >= 11 is 0. The number of fused-ring (bicyclic) bond motifs is 2. The SMILES string of the molecule is CC1=C(c2cc(=O)c3ccccc3o2)C=C(c2cccc3c(=O)cc(-c4ccccc4)oc23)C=CC1. The molecule has 0 fully saturated rings. The maximum Gasteiger partial charge on any atom is 0.193 e. The van der Waals surface area contributed by atoms with Crippen molar-refractivity contribution in [3.05, 3.63) is 141 Å². The topological polar surface area (TPSA) is 60.4 Å². The molecule has 1 aliphatic carbocycles. The van der Waals surface area contributed by atoms with E-state index in [0.717, 1.165) is 27.8 Å². The van der Waals surface area contributed by atoms with Crippen LogP contribution in [0.3, 0.4) is 0 Å². The highest BCUT2D eigenvalue weighted by Gasteiger charge is 2.17. The van der Waals surface area contributed by atoms with Crippen molar-refractivity contribution in [2.45, 2.75) is 13.3 Å². The van der Waals surface area contributed by atoms with E-state index in [1.807, 2.05) is 73.7 Å². The fourth-order valence-electron chi connectivity index (χ4n) is 4.63. The minimum absolute atomic E-state index is 0.0806. The summed E-state index contributed by atoms with van der Waals surface area (Å²) in [6, 6.07) is 25.5. The third kappa shape index (κ3) is 3.83. The lowest BCUT2D eigenvalue weighted by atomic mass is 9.98. The van der Waals surface area contributed by atoms with Gasteiger partial charge in [0.05, 0.1) is 10.8 Å². The van der Waals surface area contributed by atoms with E-state index in [0.29, 0.717) is 39.9 Å². The zero-order valence-corrected chi connectivity index (χ0v) is 19.7. The molecule has 5 aromatic rings. The second kappa shape index (κ2) is 8.82. The van der Waals surface area contributed by atoms with Crippen molar-refractivity contribution in [3.63, 3.8) is 0 Å². The van der Waals surface area contributed by atoms with Gasteiger partial charge in [-0.25, -0.2) is 0 Å². The van der Waals surface area contributed by atoms with Gasteiger partial charge >= 0.3 is 0 Å². The number of benzene rings is 3. The summed E-state index contributed by atoms with van der Waals surface area (Å²) in [6.45, 7) is 2.03. The van der Waals surface area contributed by atoms with E-state index >= 15 is 0 Å². The van der Waals surface area contributed by atoms with Gasteiger partial charge in [-0.3, -0.25) is 9.59 Å². The first-order chi connectivity index (χ1) is 17.6. The Bertz CT molecular complexity index is 1850. The quantitative estimate of drug-likeness (QED) is 0.276. The maximum atomic E-state index is 13.0. The summed E-state index contributed by atoms with van der Waals surface area (Å²) in [5.41, 5.74) is 5.33. The second-order valence-electron chi connectivity index (χ2n) is 8.89. The van der Waals surface area contributed by atoms with Crippen LogP contribution in [0.2, 0.25) is 0 Å². The molecule has 0 atom stereocenters. The molecule has 0 N–H and O–H groups in total. The van der Waals surface area contributed by atoms with Gasteiger partial charge in [-0.15, -0.1) is 0 Å². The minimum atomic E-state index is -0.0948. The zero-order chi connectivity index (χ0) is 24.6. The molecule has 0 saturated carbocycles. The molecule has 0 amide bonds. The standard InChI is InChI=1S/C32H22O4/c1-20-9-7-12-22(17-26(20)31-19-27(33)24-13-5-6-16-29(24)35-31)23-14-8-15-25-28(34)18-30(36-32(23)25)21-10-3-2-4-11-21/h2-8,10-19H,9H2,1H3. The molecule has 0 bridgehead atoms. The lowest BCUT2D eigenvalue weighted by Crippen LogP contribution is -2.02. The summed E-state index contributed by atoms with van der Waals surface area (Å²) in [7, 11) is 0. The van der Waals surface area contributed by atoms with Crippen LogP contribution in [0.5, 0.6) is 0 Å². The van der Waals surface area contributed by atoms with Gasteiger partial charge in [0.25, 0.3) is 0 Å². The molecule has 0 spiro atoms. The third-order valence-corrected chi connectivity index (χ3v) is 6.51. The van der Waals surface area contributed by atoms with Crippen molar-refractivity contribution in [2.75, 3.05) is 0 Å². The van der Waals surface area contributed by atoms with E-state index in [9.17, 15) is 9.59 Å². The van der Waals surface area contributed by atoms with E-state index < -0.39 is 0 Å². The van der Waals surface area contributed by atoms with Crippen molar-refractivity contribution in [3.8, 4) is 11.3 Å². The lowest BCUT2D eigenvalue weighted by Gasteiger charge is -2.11. The van der Waals surface area contributed by atoms with Gasteiger partial charge in [0.2, 0.25) is 0 Å². The molecule has 0 saturated heterocycles. The Morgan fingerprint density at radius 2 is 1.44 bits per heavy atom. The predicted octanol–water partition coefficient (Wildman–Crippen LogP) is 7.38. The molecule has 1 aliphatic rings. The summed E-state index contributed by atoms with van der Waals surface area (Å²) in [6.07, 6.45) is 6.82. The van der Waals surface area contributed by atoms with Crippen LogP contribution >= 0.6 is 0 Å². The van der Waals surface area contributed by atoms with E-state index in [2.05, 4.69) is 6.08 Å². The number of para-hydroxylation sites is 2. The van der Waals surface area contributed by atoms with E-state index in [1.165, 1.54) is 6.07 Å². The molecular weight excluding hydrogens is 448 g/mol. The van der Waals surface area contributed by atoms with Crippen LogP contribution in [0.15, 0.2) is 127 Å². The van der Waals surface area contributed by atoms with Crippen molar-refractivity contribution >= 4 is 33.1 Å². The van der Waals surface area contributed by atoms with Crippen LogP contribution in [-0.2, 0) is 0 Å². The van der Waals surface area contributed by atoms with Crippen LogP contribution in [0.25, 0.3) is 44.4 Å². The molecule has 4 heteroatoms. The largest absolute Gasteiger partial charge is 0.456 e. The van der Waals surface area contributed by atoms with Crippen molar-refractivity contribution in [2.24, 2.45) is 0 Å². The van der Waals surface area contributed by atoms with Gasteiger partial charge in [0.1, 0.15) is 22.7 Å². The van der Waals surface area contributed by atoms with E-state index in [4.69, 9.17) is 8.83 Å². The molecule has 4 nitrogen and oxygen atoms in total. The van der Waals surface area contributed by atoms with Gasteiger partial charge < -0.3 is 8.83 Å². The number of allylic oxidation sites excluding steroid dienone is 6. The maximum absolute atomic E-state index is 13.0. The Morgan fingerprint density at radius 3 is 2.31 bits per heavy atom. The molecule has 0 unspecified atom stereocenters. The Labute approximate surface area is 207 Å². The average Bonchev–Trinajstić information content (AvgIpc) is 3.10. The summed E-state index contributed by atoms with van der Waals surface area (Å²) in [5.74, 6) is 1.04. The summed E-state index contributed by atoms with van der Waals surface area (Å²) in [4.78, 5) is 25.8. The van der Waals surface area contributed by atoms with Gasteiger partial charge in [-0.05, 0) is 43.2 Å². The first kappa shape index (κ1) is 21.8. The molecular formula is C32H22O4. The van der Waals surface area contributed by atoms with E-state index in [-0.39, 0.29) is 10.9 Å². The monoisotopic (exact) mass is 470 g/mol. The molecule has 2 aromatic heterocycles. The molecule has 3 aromatic carbocycles. The Morgan fingerprint density at radius 1 is 0.722 bits per heavy atom. The fourth-order valence-corrected chi connectivity index (χ4v) is 4.63. The van der Waals surface area contributed by atoms with Crippen molar-refractivity contribution < 1.29 is 8.83 Å². The first-order valence-electron chi connectivity index (χ1n) is 11.8.